The zero-order valence-electron chi connectivity index (χ0n) is 17.0. The average molecular weight is 396 g/mol. The average Bonchev–Trinajstić information content (AvgIpc) is 2.71. The first-order valence-electron chi connectivity index (χ1n) is 9.69. The summed E-state index contributed by atoms with van der Waals surface area (Å²) in [7, 11) is 1.63. The highest BCUT2D eigenvalue weighted by atomic mass is 16.5. The zero-order valence-corrected chi connectivity index (χ0v) is 17.0. The van der Waals surface area contributed by atoms with Crippen LogP contribution >= 0.6 is 0 Å². The third kappa shape index (κ3) is 3.70. The lowest BCUT2D eigenvalue weighted by molar-refractivity contribution is -0.122. The quantitative estimate of drug-likeness (QED) is 0.487. The molecule has 0 fully saturated rings. The van der Waals surface area contributed by atoms with E-state index in [0.717, 1.165) is 0 Å². The lowest BCUT2D eigenvalue weighted by Crippen LogP contribution is -2.32. The lowest BCUT2D eigenvalue weighted by atomic mass is 10.0. The van der Waals surface area contributed by atoms with Gasteiger partial charge < -0.3 is 9.30 Å². The van der Waals surface area contributed by atoms with Gasteiger partial charge in [0, 0.05) is 19.2 Å². The van der Waals surface area contributed by atoms with Crippen LogP contribution in [0, 0.1) is 5.92 Å². The van der Waals surface area contributed by atoms with Crippen LogP contribution < -0.4 is 11.0 Å². The van der Waals surface area contributed by atoms with Gasteiger partial charge in [0.25, 0.3) is 11.5 Å². The van der Waals surface area contributed by atoms with Crippen molar-refractivity contribution >= 4 is 28.6 Å². The van der Waals surface area contributed by atoms with Gasteiger partial charge in [-0.15, -0.1) is 0 Å². The summed E-state index contributed by atoms with van der Waals surface area (Å²) in [4.78, 5) is 47.0. The summed E-state index contributed by atoms with van der Waals surface area (Å²) in [5.41, 5.74) is 0.688. The highest BCUT2D eigenvalue weighted by Crippen LogP contribution is 2.12. The SMILES string of the molecule is CCOC(=O)c1cc2c(=O)n3ccccc3nc2n(C)c1=NC(=O)C(CC)CC. The van der Waals surface area contributed by atoms with E-state index in [2.05, 4.69) is 9.98 Å². The van der Waals surface area contributed by atoms with E-state index in [1.165, 1.54) is 15.0 Å². The summed E-state index contributed by atoms with van der Waals surface area (Å²) in [6.45, 7) is 5.69. The second-order valence-corrected chi connectivity index (χ2v) is 6.71. The number of esters is 1. The molecule has 3 aromatic rings. The molecule has 0 N–H and O–H groups in total. The van der Waals surface area contributed by atoms with Crippen LogP contribution in [0.1, 0.15) is 44.0 Å². The maximum atomic E-state index is 13.0. The molecule has 0 radical (unpaired) electrons. The lowest BCUT2D eigenvalue weighted by Gasteiger charge is -2.12. The molecule has 0 aliphatic heterocycles. The van der Waals surface area contributed by atoms with Crippen LogP contribution in [0.2, 0.25) is 0 Å². The Morgan fingerprint density at radius 2 is 1.93 bits per heavy atom. The molecule has 0 aliphatic rings. The number of ether oxygens (including phenoxy) is 1. The molecular formula is C21H24N4O4. The van der Waals surface area contributed by atoms with Gasteiger partial charge in [-0.25, -0.2) is 9.78 Å². The number of rotatable bonds is 5. The Kier molecular flexibility index (Phi) is 5.91. The predicted octanol–water partition coefficient (Wildman–Crippen LogP) is 2.23. The second kappa shape index (κ2) is 8.38. The number of carbonyl (C=O) groups is 2. The van der Waals surface area contributed by atoms with Gasteiger partial charge in [0.2, 0.25) is 0 Å². The van der Waals surface area contributed by atoms with E-state index in [4.69, 9.17) is 4.74 Å². The van der Waals surface area contributed by atoms with Crippen molar-refractivity contribution in [2.24, 2.45) is 18.0 Å². The van der Waals surface area contributed by atoms with Crippen molar-refractivity contribution in [2.45, 2.75) is 33.6 Å². The first-order chi connectivity index (χ1) is 13.9. The van der Waals surface area contributed by atoms with E-state index >= 15 is 0 Å². The highest BCUT2D eigenvalue weighted by Gasteiger charge is 2.20. The molecule has 29 heavy (non-hydrogen) atoms. The van der Waals surface area contributed by atoms with Crippen LogP contribution in [0.3, 0.4) is 0 Å². The zero-order chi connectivity index (χ0) is 21.1. The standard InChI is InChI=1S/C21H24N4O4/c1-5-13(6-2)19(26)23-18-15(21(28)29-7-3)12-14-17(24(18)4)22-16-10-8-9-11-25(16)20(14)27/h8-13H,5-7H2,1-4H3. The maximum absolute atomic E-state index is 13.0. The monoisotopic (exact) mass is 396 g/mol. The van der Waals surface area contributed by atoms with E-state index in [9.17, 15) is 14.4 Å². The van der Waals surface area contributed by atoms with Crippen molar-refractivity contribution in [1.29, 1.82) is 0 Å². The molecule has 152 valence electrons. The minimum absolute atomic E-state index is 0.0657. The fraction of sp³-hybridized carbons (Fsp3) is 0.381. The molecule has 0 bridgehead atoms. The van der Waals surface area contributed by atoms with Crippen LogP contribution in [-0.2, 0) is 16.6 Å². The summed E-state index contributed by atoms with van der Waals surface area (Å²) in [5, 5.41) is 0.244. The van der Waals surface area contributed by atoms with Crippen LogP contribution in [0.15, 0.2) is 40.2 Å². The number of pyridine rings is 2. The molecule has 3 rings (SSSR count). The van der Waals surface area contributed by atoms with Crippen molar-refractivity contribution in [3.63, 3.8) is 0 Å². The largest absolute Gasteiger partial charge is 0.462 e. The summed E-state index contributed by atoms with van der Waals surface area (Å²) in [5.74, 6) is -1.19. The van der Waals surface area contributed by atoms with Crippen molar-refractivity contribution in [3.8, 4) is 0 Å². The van der Waals surface area contributed by atoms with Crippen molar-refractivity contribution in [1.82, 2.24) is 14.0 Å². The molecule has 0 saturated carbocycles. The molecule has 0 aliphatic carbocycles. The van der Waals surface area contributed by atoms with Crippen LogP contribution in [0.5, 0.6) is 0 Å². The fourth-order valence-corrected chi connectivity index (χ4v) is 3.29. The van der Waals surface area contributed by atoms with Crippen LogP contribution in [0.25, 0.3) is 16.7 Å². The van der Waals surface area contributed by atoms with E-state index < -0.39 is 5.97 Å². The number of hydrogen-bond acceptors (Lipinski definition) is 5. The van der Waals surface area contributed by atoms with Crippen molar-refractivity contribution in [3.05, 3.63) is 51.9 Å². The summed E-state index contributed by atoms with van der Waals surface area (Å²) in [6, 6.07) is 6.64. The highest BCUT2D eigenvalue weighted by molar-refractivity contribution is 5.93. The van der Waals surface area contributed by atoms with Gasteiger partial charge in [-0.3, -0.25) is 14.0 Å². The summed E-state index contributed by atoms with van der Waals surface area (Å²) >= 11 is 0. The Labute approximate surface area is 167 Å². The molecular weight excluding hydrogens is 372 g/mol. The van der Waals surface area contributed by atoms with E-state index in [1.807, 2.05) is 13.8 Å². The summed E-state index contributed by atoms with van der Waals surface area (Å²) < 4.78 is 8.06. The maximum Gasteiger partial charge on any atom is 0.341 e. The fourth-order valence-electron chi connectivity index (χ4n) is 3.29. The smallest absolute Gasteiger partial charge is 0.341 e. The van der Waals surface area contributed by atoms with Crippen LogP contribution in [0.4, 0.5) is 0 Å². The topological polar surface area (TPSA) is 95.0 Å². The van der Waals surface area contributed by atoms with E-state index in [-0.39, 0.29) is 40.4 Å². The van der Waals surface area contributed by atoms with Gasteiger partial charge in [-0.2, -0.15) is 4.99 Å². The molecule has 0 unspecified atom stereocenters. The molecule has 0 spiro atoms. The van der Waals surface area contributed by atoms with Gasteiger partial charge in [-0.1, -0.05) is 19.9 Å². The Morgan fingerprint density at radius 1 is 1.21 bits per heavy atom. The number of fused-ring (bicyclic) bond motifs is 2. The number of carbonyl (C=O) groups excluding carboxylic acids is 2. The van der Waals surface area contributed by atoms with Crippen LogP contribution in [-0.4, -0.2) is 32.4 Å². The molecule has 0 atom stereocenters. The number of hydrogen-bond donors (Lipinski definition) is 0. The minimum atomic E-state index is -0.640. The number of nitrogens with zero attached hydrogens (tertiary/aromatic N) is 4. The van der Waals surface area contributed by atoms with E-state index in [0.29, 0.717) is 24.1 Å². The molecule has 8 nitrogen and oxygen atoms in total. The number of aromatic nitrogens is 3. The Bertz CT molecular complexity index is 1220. The molecule has 1 amide bonds. The van der Waals surface area contributed by atoms with Crippen molar-refractivity contribution < 1.29 is 14.3 Å². The third-order valence-corrected chi connectivity index (χ3v) is 4.96. The van der Waals surface area contributed by atoms with Gasteiger partial charge in [0.15, 0.2) is 5.49 Å². The number of aryl methyl sites for hydroxylation is 1. The van der Waals surface area contributed by atoms with Gasteiger partial charge in [-0.05, 0) is 38.0 Å². The summed E-state index contributed by atoms with van der Waals surface area (Å²) in [6.07, 6.45) is 2.91. The van der Waals surface area contributed by atoms with Gasteiger partial charge >= 0.3 is 5.97 Å². The Morgan fingerprint density at radius 3 is 2.59 bits per heavy atom. The second-order valence-electron chi connectivity index (χ2n) is 6.71. The number of amides is 1. The normalized spacial score (nSPS) is 12.1. The molecule has 0 aromatic carbocycles. The first kappa shape index (κ1) is 20.4. The Hall–Kier alpha value is -3.29. The third-order valence-electron chi connectivity index (χ3n) is 4.96. The predicted molar refractivity (Wildman–Crippen MR) is 109 cm³/mol. The minimum Gasteiger partial charge on any atom is -0.462 e. The molecule has 8 heteroatoms. The molecule has 3 heterocycles. The van der Waals surface area contributed by atoms with E-state index in [1.54, 1.807) is 38.4 Å². The Balaban J connectivity index is 2.42. The first-order valence-corrected chi connectivity index (χ1v) is 9.69. The van der Waals surface area contributed by atoms with Crippen molar-refractivity contribution in [2.75, 3.05) is 6.61 Å². The molecule has 0 saturated heterocycles. The van der Waals surface area contributed by atoms with Gasteiger partial charge in [0.1, 0.15) is 16.9 Å². The molecule has 3 aromatic heterocycles. The van der Waals surface area contributed by atoms with Gasteiger partial charge in [0.05, 0.1) is 12.0 Å².